The molecule has 0 aromatic rings. The number of aliphatic hydroxyl groups is 1. The van der Waals surface area contributed by atoms with Gasteiger partial charge >= 0.3 is 0 Å². The van der Waals surface area contributed by atoms with Crippen LogP contribution in [0.2, 0.25) is 0 Å². The first-order chi connectivity index (χ1) is 4.20. The second-order valence-corrected chi connectivity index (χ2v) is 4.07. The van der Waals surface area contributed by atoms with Gasteiger partial charge in [0.15, 0.2) is 0 Å². The third kappa shape index (κ3) is 2.05. The number of rotatable bonds is 0. The Morgan fingerprint density at radius 3 is 2.78 bits per heavy atom. The molecule has 1 saturated heterocycles. The zero-order valence-electron chi connectivity index (χ0n) is 5.55. The molecular weight excluding hydrogens is 229 g/mol. The summed E-state index contributed by atoms with van der Waals surface area (Å²) in [6.07, 6.45) is 0.875. The zero-order valence-corrected chi connectivity index (χ0v) is 7.71. The quantitative estimate of drug-likeness (QED) is 0.506. The Labute approximate surface area is 69.7 Å². The van der Waals surface area contributed by atoms with Crippen molar-refractivity contribution in [2.75, 3.05) is 13.1 Å². The summed E-state index contributed by atoms with van der Waals surface area (Å²) in [6.45, 7) is 4.16. The van der Waals surface area contributed by atoms with Gasteiger partial charge in [0.25, 0.3) is 0 Å². The van der Waals surface area contributed by atoms with Crippen molar-refractivity contribution in [1.82, 2.24) is 3.11 Å². The van der Waals surface area contributed by atoms with Gasteiger partial charge in [-0.05, 0) is 12.3 Å². The number of hydrogen-bond acceptors (Lipinski definition) is 2. The van der Waals surface area contributed by atoms with Crippen molar-refractivity contribution in [3.8, 4) is 0 Å². The van der Waals surface area contributed by atoms with Gasteiger partial charge in [0.2, 0.25) is 0 Å². The Kier molecular flexibility index (Phi) is 2.73. The molecule has 1 aliphatic rings. The van der Waals surface area contributed by atoms with Gasteiger partial charge in [0.1, 0.15) is 0 Å². The van der Waals surface area contributed by atoms with Gasteiger partial charge in [-0.3, -0.25) is 0 Å². The fourth-order valence-corrected chi connectivity index (χ4v) is 1.98. The Morgan fingerprint density at radius 1 is 1.67 bits per heavy atom. The van der Waals surface area contributed by atoms with Gasteiger partial charge < -0.3 is 5.11 Å². The predicted molar refractivity (Wildman–Crippen MR) is 45.4 cm³/mol. The molecule has 0 radical (unpaired) electrons. The van der Waals surface area contributed by atoms with Crippen molar-refractivity contribution in [3.05, 3.63) is 0 Å². The number of aliphatic hydroxyl groups excluding tert-OH is 1. The molecule has 0 spiro atoms. The molecule has 2 atom stereocenters. The van der Waals surface area contributed by atoms with Crippen LogP contribution in [-0.2, 0) is 0 Å². The highest BCUT2D eigenvalue weighted by atomic mass is 127. The molecule has 3 heteroatoms. The van der Waals surface area contributed by atoms with Crippen LogP contribution < -0.4 is 0 Å². The van der Waals surface area contributed by atoms with Crippen LogP contribution in [-0.4, -0.2) is 27.4 Å². The highest BCUT2D eigenvalue weighted by molar-refractivity contribution is 14.1. The highest BCUT2D eigenvalue weighted by Crippen LogP contribution is 2.18. The normalized spacial score (nSPS) is 39.0. The van der Waals surface area contributed by atoms with Crippen molar-refractivity contribution < 1.29 is 5.11 Å². The first-order valence-electron chi connectivity index (χ1n) is 3.29. The molecule has 0 saturated carbocycles. The Bertz CT molecular complexity index is 99.1. The van der Waals surface area contributed by atoms with Crippen molar-refractivity contribution in [2.24, 2.45) is 5.92 Å². The fourth-order valence-electron chi connectivity index (χ4n) is 1.08. The molecule has 54 valence electrons. The minimum absolute atomic E-state index is 0.0592. The number of piperidine rings is 1. The minimum atomic E-state index is -0.0592. The Balaban J connectivity index is 2.35. The highest BCUT2D eigenvalue weighted by Gasteiger charge is 2.22. The van der Waals surface area contributed by atoms with Crippen LogP contribution in [0, 0.1) is 5.92 Å². The second kappa shape index (κ2) is 3.16. The Hall–Kier alpha value is 0.650. The minimum Gasteiger partial charge on any atom is -0.393 e. The summed E-state index contributed by atoms with van der Waals surface area (Å²) < 4.78 is 2.23. The average Bonchev–Trinajstić information content (AvgIpc) is 1.80. The average molecular weight is 241 g/mol. The van der Waals surface area contributed by atoms with E-state index in [1.807, 2.05) is 0 Å². The molecule has 0 aliphatic carbocycles. The molecule has 1 heterocycles. The van der Waals surface area contributed by atoms with Gasteiger partial charge in [-0.25, -0.2) is 3.11 Å². The van der Waals surface area contributed by atoms with Gasteiger partial charge in [-0.2, -0.15) is 0 Å². The molecular formula is C6H12INO. The van der Waals surface area contributed by atoms with E-state index < -0.39 is 0 Å². The van der Waals surface area contributed by atoms with E-state index >= 15 is 0 Å². The lowest BCUT2D eigenvalue weighted by molar-refractivity contribution is 0.0705. The molecule has 1 N–H and O–H groups in total. The first kappa shape index (κ1) is 7.75. The largest absolute Gasteiger partial charge is 0.393 e. The summed E-state index contributed by atoms with van der Waals surface area (Å²) in [4.78, 5) is 0. The van der Waals surface area contributed by atoms with Gasteiger partial charge in [-0.15, -0.1) is 0 Å². The summed E-state index contributed by atoms with van der Waals surface area (Å²) in [7, 11) is 0. The number of hydrogen-bond donors (Lipinski definition) is 1. The van der Waals surface area contributed by atoms with Crippen molar-refractivity contribution >= 4 is 22.9 Å². The topological polar surface area (TPSA) is 23.5 Å². The maximum absolute atomic E-state index is 9.27. The molecule has 1 aliphatic heterocycles. The van der Waals surface area contributed by atoms with Gasteiger partial charge in [0, 0.05) is 36.0 Å². The van der Waals surface area contributed by atoms with E-state index in [0.29, 0.717) is 5.92 Å². The van der Waals surface area contributed by atoms with Crippen LogP contribution in [0.4, 0.5) is 0 Å². The monoisotopic (exact) mass is 241 g/mol. The first-order valence-corrected chi connectivity index (χ1v) is 4.25. The third-order valence-corrected chi connectivity index (χ3v) is 2.69. The third-order valence-electron chi connectivity index (χ3n) is 1.81. The number of nitrogens with zero attached hydrogens (tertiary/aromatic N) is 1. The van der Waals surface area contributed by atoms with E-state index in [4.69, 9.17) is 0 Å². The zero-order chi connectivity index (χ0) is 6.85. The number of halogens is 1. The summed E-state index contributed by atoms with van der Waals surface area (Å²) in [5.41, 5.74) is 0. The van der Waals surface area contributed by atoms with Crippen molar-refractivity contribution in [2.45, 2.75) is 19.4 Å². The van der Waals surface area contributed by atoms with E-state index in [1.54, 1.807) is 0 Å². The molecule has 0 unspecified atom stereocenters. The lowest BCUT2D eigenvalue weighted by Crippen LogP contribution is -2.36. The SMILES string of the molecule is C[C@@H]1CN(I)CC[C@H]1O. The summed E-state index contributed by atoms with van der Waals surface area (Å²) >= 11 is 2.30. The van der Waals surface area contributed by atoms with Crippen LogP contribution in [0.1, 0.15) is 13.3 Å². The molecule has 2 nitrogen and oxygen atoms in total. The van der Waals surface area contributed by atoms with Crippen LogP contribution in [0.25, 0.3) is 0 Å². The molecule has 1 fully saturated rings. The van der Waals surface area contributed by atoms with E-state index in [9.17, 15) is 5.11 Å². The van der Waals surface area contributed by atoms with E-state index in [0.717, 1.165) is 19.5 Å². The maximum atomic E-state index is 9.27. The predicted octanol–water partition coefficient (Wildman–Crippen LogP) is 1.04. The maximum Gasteiger partial charge on any atom is 0.0590 e. The summed E-state index contributed by atoms with van der Waals surface area (Å²) in [6, 6.07) is 0. The molecule has 9 heavy (non-hydrogen) atoms. The molecule has 0 aromatic carbocycles. The molecule has 0 aromatic heterocycles. The lowest BCUT2D eigenvalue weighted by atomic mass is 9.99. The summed E-state index contributed by atoms with van der Waals surface area (Å²) in [5.74, 6) is 0.454. The van der Waals surface area contributed by atoms with Crippen LogP contribution >= 0.6 is 22.9 Å². The van der Waals surface area contributed by atoms with Crippen LogP contribution in [0.5, 0.6) is 0 Å². The molecule has 0 bridgehead atoms. The molecule has 1 rings (SSSR count). The van der Waals surface area contributed by atoms with Crippen molar-refractivity contribution in [1.29, 1.82) is 0 Å². The smallest absolute Gasteiger partial charge is 0.0590 e. The van der Waals surface area contributed by atoms with Gasteiger partial charge in [-0.1, -0.05) is 6.92 Å². The van der Waals surface area contributed by atoms with Gasteiger partial charge in [0.05, 0.1) is 6.10 Å². The van der Waals surface area contributed by atoms with Crippen LogP contribution in [0.15, 0.2) is 0 Å². The van der Waals surface area contributed by atoms with Crippen molar-refractivity contribution in [3.63, 3.8) is 0 Å². The van der Waals surface area contributed by atoms with E-state index in [1.165, 1.54) is 0 Å². The van der Waals surface area contributed by atoms with E-state index in [2.05, 4.69) is 32.9 Å². The fraction of sp³-hybridized carbons (Fsp3) is 1.00. The summed E-state index contributed by atoms with van der Waals surface area (Å²) in [5, 5.41) is 9.27. The van der Waals surface area contributed by atoms with Crippen LogP contribution in [0.3, 0.4) is 0 Å². The van der Waals surface area contributed by atoms with E-state index in [-0.39, 0.29) is 6.10 Å². The molecule has 0 amide bonds. The standard InChI is InChI=1S/C6H12INO/c1-5-4-8(7)3-2-6(5)9/h5-6,9H,2-4H2,1H3/t5-,6-/m1/s1. The second-order valence-electron chi connectivity index (χ2n) is 2.70. The lowest BCUT2D eigenvalue weighted by Gasteiger charge is -2.29. The Morgan fingerprint density at radius 2 is 2.33 bits per heavy atom.